The van der Waals surface area contributed by atoms with Gasteiger partial charge < -0.3 is 19.4 Å². The molecule has 28 heavy (non-hydrogen) atoms. The van der Waals surface area contributed by atoms with Gasteiger partial charge in [0.1, 0.15) is 10.8 Å². The summed E-state index contributed by atoms with van der Waals surface area (Å²) >= 11 is 2.52. The lowest BCUT2D eigenvalue weighted by Gasteiger charge is -2.06. The Bertz CT molecular complexity index is 999. The van der Waals surface area contributed by atoms with Crippen LogP contribution in [0.1, 0.15) is 10.4 Å². The Labute approximate surface area is 169 Å². The van der Waals surface area contributed by atoms with E-state index in [0.29, 0.717) is 21.5 Å². The van der Waals surface area contributed by atoms with Gasteiger partial charge in [-0.1, -0.05) is 23.9 Å². The molecule has 0 saturated heterocycles. The molecule has 0 atom stereocenters. The first-order valence-corrected chi connectivity index (χ1v) is 10.0. The minimum atomic E-state index is -0.486. The van der Waals surface area contributed by atoms with Crippen molar-refractivity contribution in [1.29, 1.82) is 0 Å². The minimum absolute atomic E-state index is 0.128. The minimum Gasteiger partial charge on any atom is -0.497 e. The Kier molecular flexibility index (Phi) is 6.32. The third-order valence-corrected chi connectivity index (χ3v) is 5.67. The van der Waals surface area contributed by atoms with Crippen LogP contribution < -0.4 is 10.1 Å². The number of nitrogens with one attached hydrogen (secondary N) is 1. The topological polar surface area (TPSA) is 95.3 Å². The summed E-state index contributed by atoms with van der Waals surface area (Å²) in [6.07, 6.45) is 0. The number of ether oxygens (including phenoxy) is 2. The Balaban J connectivity index is 1.65. The molecule has 8 nitrogen and oxygen atoms in total. The number of nitrogens with zero attached hydrogens (tertiary/aromatic N) is 3. The summed E-state index contributed by atoms with van der Waals surface area (Å²) in [5, 5.41) is 13.9. The Morgan fingerprint density at radius 3 is 2.82 bits per heavy atom. The van der Waals surface area contributed by atoms with Crippen LogP contribution in [0.25, 0.3) is 11.4 Å². The van der Waals surface area contributed by atoms with Gasteiger partial charge in [-0.2, -0.15) is 0 Å². The summed E-state index contributed by atoms with van der Waals surface area (Å²) in [6, 6.07) is 9.13. The number of esters is 1. The lowest BCUT2D eigenvalue weighted by Crippen LogP contribution is -2.16. The van der Waals surface area contributed by atoms with Gasteiger partial charge in [0.05, 0.1) is 25.5 Å². The predicted octanol–water partition coefficient (Wildman–Crippen LogP) is 3.07. The van der Waals surface area contributed by atoms with Crippen LogP contribution in [0, 0.1) is 0 Å². The molecule has 2 aromatic heterocycles. The molecule has 10 heteroatoms. The third kappa shape index (κ3) is 4.34. The van der Waals surface area contributed by atoms with Crippen molar-refractivity contribution in [1.82, 2.24) is 14.8 Å². The van der Waals surface area contributed by atoms with Crippen LogP contribution in [0.4, 0.5) is 5.00 Å². The highest BCUT2D eigenvalue weighted by molar-refractivity contribution is 7.99. The Hall–Kier alpha value is -2.85. The van der Waals surface area contributed by atoms with Crippen molar-refractivity contribution in [2.45, 2.75) is 5.16 Å². The Morgan fingerprint density at radius 1 is 1.25 bits per heavy atom. The molecular weight excluding hydrogens is 400 g/mol. The summed E-state index contributed by atoms with van der Waals surface area (Å²) in [4.78, 5) is 23.9. The maximum absolute atomic E-state index is 12.3. The van der Waals surface area contributed by atoms with Gasteiger partial charge in [0.2, 0.25) is 5.91 Å². The van der Waals surface area contributed by atoms with E-state index in [1.807, 2.05) is 35.9 Å². The summed E-state index contributed by atoms with van der Waals surface area (Å²) in [5.41, 5.74) is 1.21. The molecule has 1 amide bonds. The molecule has 0 spiro atoms. The fourth-order valence-corrected chi connectivity index (χ4v) is 3.93. The monoisotopic (exact) mass is 418 g/mol. The van der Waals surface area contributed by atoms with Crippen molar-refractivity contribution in [3.8, 4) is 17.1 Å². The number of hydrogen-bond donors (Lipinski definition) is 1. The molecule has 1 aromatic carbocycles. The predicted molar refractivity (Wildman–Crippen MR) is 108 cm³/mol. The zero-order valence-electron chi connectivity index (χ0n) is 15.5. The van der Waals surface area contributed by atoms with Crippen molar-refractivity contribution in [2.24, 2.45) is 7.05 Å². The second-order valence-corrected chi connectivity index (χ2v) is 7.45. The molecule has 0 aliphatic heterocycles. The summed E-state index contributed by atoms with van der Waals surface area (Å²) < 4.78 is 11.8. The number of hydrogen-bond acceptors (Lipinski definition) is 8. The molecule has 0 fully saturated rings. The van der Waals surface area contributed by atoms with Crippen molar-refractivity contribution in [2.75, 3.05) is 25.3 Å². The van der Waals surface area contributed by atoms with E-state index < -0.39 is 5.97 Å². The van der Waals surface area contributed by atoms with Crippen LogP contribution in [0.3, 0.4) is 0 Å². The van der Waals surface area contributed by atoms with Crippen LogP contribution in [0.2, 0.25) is 0 Å². The Morgan fingerprint density at radius 2 is 2.07 bits per heavy atom. The molecule has 1 N–H and O–H groups in total. The van der Waals surface area contributed by atoms with Gasteiger partial charge in [-0.05, 0) is 23.6 Å². The summed E-state index contributed by atoms with van der Waals surface area (Å²) in [7, 11) is 4.74. The molecule has 0 bridgehead atoms. The number of methoxy groups -OCH3 is 2. The fourth-order valence-electron chi connectivity index (χ4n) is 2.42. The number of anilines is 1. The quantitative estimate of drug-likeness (QED) is 0.465. The standard InChI is InChI=1S/C18H18N4O4S2/c1-22-15(11-5-4-6-12(9-11)25-2)20-21-18(22)28-10-14(23)19-16-13(7-8-27-16)17(24)26-3/h4-9H,10H2,1-3H3,(H,19,23). The first-order valence-electron chi connectivity index (χ1n) is 8.15. The van der Waals surface area contributed by atoms with Gasteiger partial charge in [-0.3, -0.25) is 4.79 Å². The number of carbonyl (C=O) groups is 2. The van der Waals surface area contributed by atoms with Crippen molar-refractivity contribution in [3.05, 3.63) is 41.3 Å². The molecule has 0 unspecified atom stereocenters. The molecule has 0 radical (unpaired) electrons. The molecule has 2 heterocycles. The summed E-state index contributed by atoms with van der Waals surface area (Å²) in [5.74, 6) is 0.797. The first-order chi connectivity index (χ1) is 13.5. The second-order valence-electron chi connectivity index (χ2n) is 5.59. The van der Waals surface area contributed by atoms with Crippen molar-refractivity contribution >= 4 is 40.0 Å². The van der Waals surface area contributed by atoms with E-state index in [2.05, 4.69) is 15.5 Å². The third-order valence-electron chi connectivity index (χ3n) is 3.82. The normalized spacial score (nSPS) is 10.5. The van der Waals surface area contributed by atoms with Crippen LogP contribution in [-0.2, 0) is 16.6 Å². The average molecular weight is 419 g/mol. The molecule has 146 valence electrons. The number of thioether (sulfide) groups is 1. The zero-order valence-corrected chi connectivity index (χ0v) is 17.1. The smallest absolute Gasteiger partial charge is 0.340 e. The molecular formula is C18H18N4O4S2. The second kappa shape index (κ2) is 8.89. The first kappa shape index (κ1) is 19.9. The largest absolute Gasteiger partial charge is 0.497 e. The highest BCUT2D eigenvalue weighted by Crippen LogP contribution is 2.27. The number of rotatable bonds is 7. The van der Waals surface area contributed by atoms with Gasteiger partial charge in [0.25, 0.3) is 0 Å². The van der Waals surface area contributed by atoms with Gasteiger partial charge >= 0.3 is 5.97 Å². The SMILES string of the molecule is COC(=O)c1ccsc1NC(=O)CSc1nnc(-c2cccc(OC)c2)n1C. The average Bonchev–Trinajstić information content (AvgIpc) is 3.32. The van der Waals surface area contributed by atoms with Crippen LogP contribution in [0.15, 0.2) is 40.9 Å². The highest BCUT2D eigenvalue weighted by atomic mass is 32.2. The maximum Gasteiger partial charge on any atom is 0.340 e. The molecule has 0 aliphatic rings. The number of benzene rings is 1. The zero-order chi connectivity index (χ0) is 20.1. The number of thiophene rings is 1. The molecule has 0 aliphatic carbocycles. The summed E-state index contributed by atoms with van der Waals surface area (Å²) in [6.45, 7) is 0. The van der Waals surface area contributed by atoms with Gasteiger partial charge in [0.15, 0.2) is 11.0 Å². The lowest BCUT2D eigenvalue weighted by atomic mass is 10.2. The van der Waals surface area contributed by atoms with E-state index in [-0.39, 0.29) is 11.7 Å². The van der Waals surface area contributed by atoms with Crippen LogP contribution in [0.5, 0.6) is 5.75 Å². The van der Waals surface area contributed by atoms with Gasteiger partial charge in [-0.15, -0.1) is 21.5 Å². The van der Waals surface area contributed by atoms with Gasteiger partial charge in [-0.25, -0.2) is 4.79 Å². The van der Waals surface area contributed by atoms with Crippen LogP contribution >= 0.6 is 23.1 Å². The van der Waals surface area contributed by atoms with E-state index in [4.69, 9.17) is 9.47 Å². The molecule has 3 aromatic rings. The highest BCUT2D eigenvalue weighted by Gasteiger charge is 2.17. The fraction of sp³-hybridized carbons (Fsp3) is 0.222. The van der Waals surface area contributed by atoms with Crippen molar-refractivity contribution in [3.63, 3.8) is 0 Å². The van der Waals surface area contributed by atoms with E-state index in [1.165, 1.54) is 30.2 Å². The van der Waals surface area contributed by atoms with E-state index in [0.717, 1.165) is 11.3 Å². The van der Waals surface area contributed by atoms with Crippen LogP contribution in [-0.4, -0.2) is 46.6 Å². The number of aromatic nitrogens is 3. The van der Waals surface area contributed by atoms with E-state index >= 15 is 0 Å². The lowest BCUT2D eigenvalue weighted by molar-refractivity contribution is -0.113. The maximum atomic E-state index is 12.3. The van der Waals surface area contributed by atoms with Crippen molar-refractivity contribution < 1.29 is 19.1 Å². The van der Waals surface area contributed by atoms with E-state index in [9.17, 15) is 9.59 Å². The number of carbonyl (C=O) groups excluding carboxylic acids is 2. The van der Waals surface area contributed by atoms with E-state index in [1.54, 1.807) is 18.6 Å². The van der Waals surface area contributed by atoms with Gasteiger partial charge in [0, 0.05) is 12.6 Å². The molecule has 0 saturated carbocycles. The molecule has 3 rings (SSSR count). The number of amides is 1.